The molecule has 0 radical (unpaired) electrons. The molecule has 6 rings (SSSR count). The first-order chi connectivity index (χ1) is 21.6. The molecule has 1 aliphatic rings. The molecule has 2 aromatic heterocycles. The number of fused-ring (bicyclic) bond motifs is 1. The highest BCUT2D eigenvalue weighted by atomic mass is 35.5. The molecule has 11 nitrogen and oxygen atoms in total. The molecule has 0 atom stereocenters. The summed E-state index contributed by atoms with van der Waals surface area (Å²) in [6.07, 6.45) is 2.73. The van der Waals surface area contributed by atoms with Crippen molar-refractivity contribution in [3.8, 4) is 5.75 Å². The second-order valence-corrected chi connectivity index (χ2v) is 10.7. The molecule has 226 valence electrons. The highest BCUT2D eigenvalue weighted by Gasteiger charge is 2.11. The number of rotatable bonds is 12. The van der Waals surface area contributed by atoms with E-state index in [1.54, 1.807) is 13.3 Å². The van der Waals surface area contributed by atoms with Gasteiger partial charge in [0.2, 0.25) is 17.8 Å². The van der Waals surface area contributed by atoms with Crippen LogP contribution in [0.1, 0.15) is 6.42 Å². The van der Waals surface area contributed by atoms with Crippen LogP contribution >= 0.6 is 11.6 Å². The number of nitrogens with one attached hydrogen (secondary N) is 4. The Kier molecular flexibility index (Phi) is 9.46. The molecule has 1 saturated heterocycles. The summed E-state index contributed by atoms with van der Waals surface area (Å²) in [5.74, 6) is 2.05. The Morgan fingerprint density at radius 3 is 2.32 bits per heavy atom. The Morgan fingerprint density at radius 1 is 0.818 bits per heavy atom. The van der Waals surface area contributed by atoms with E-state index >= 15 is 0 Å². The van der Waals surface area contributed by atoms with Crippen molar-refractivity contribution >= 4 is 63.1 Å². The van der Waals surface area contributed by atoms with Gasteiger partial charge in [-0.05, 0) is 73.6 Å². The van der Waals surface area contributed by atoms with E-state index in [0.717, 1.165) is 85.2 Å². The Bertz CT molecular complexity index is 1700. The molecule has 0 spiro atoms. The van der Waals surface area contributed by atoms with E-state index in [1.807, 2.05) is 72.8 Å². The highest BCUT2D eigenvalue weighted by Crippen LogP contribution is 2.28. The molecular formula is C32H34ClN9O2. The Morgan fingerprint density at radius 2 is 1.55 bits per heavy atom. The Balaban J connectivity index is 1.15. The fourth-order valence-electron chi connectivity index (χ4n) is 4.88. The van der Waals surface area contributed by atoms with Crippen LogP contribution in [-0.2, 0) is 4.74 Å². The number of ether oxygens (including phenoxy) is 2. The number of nitrogens with zero attached hydrogens (tertiary/aromatic N) is 5. The number of hydrogen-bond donors (Lipinski definition) is 4. The average Bonchev–Trinajstić information content (AvgIpc) is 3.04. The summed E-state index contributed by atoms with van der Waals surface area (Å²) in [7, 11) is 1.64. The minimum atomic E-state index is 0.411. The van der Waals surface area contributed by atoms with Crippen LogP contribution in [0.25, 0.3) is 10.9 Å². The van der Waals surface area contributed by atoms with Crippen molar-refractivity contribution in [1.29, 1.82) is 0 Å². The smallest absolute Gasteiger partial charge is 0.233 e. The van der Waals surface area contributed by atoms with Crippen LogP contribution in [0, 0.1) is 0 Å². The predicted molar refractivity (Wildman–Crippen MR) is 176 cm³/mol. The number of pyridine rings is 1. The van der Waals surface area contributed by atoms with E-state index in [1.165, 1.54) is 0 Å². The lowest BCUT2D eigenvalue weighted by Gasteiger charge is -2.26. The number of benzene rings is 3. The molecule has 0 saturated carbocycles. The predicted octanol–water partition coefficient (Wildman–Crippen LogP) is 6.45. The van der Waals surface area contributed by atoms with Crippen molar-refractivity contribution in [2.75, 3.05) is 67.8 Å². The number of hydrogen-bond acceptors (Lipinski definition) is 11. The van der Waals surface area contributed by atoms with Crippen LogP contribution in [0.15, 0.2) is 79.0 Å². The lowest BCUT2D eigenvalue weighted by molar-refractivity contribution is 0.0378. The summed E-state index contributed by atoms with van der Waals surface area (Å²) >= 11 is 6.15. The van der Waals surface area contributed by atoms with Crippen molar-refractivity contribution in [2.24, 2.45) is 0 Å². The van der Waals surface area contributed by atoms with Gasteiger partial charge in [-0.25, -0.2) is 0 Å². The van der Waals surface area contributed by atoms with Crippen LogP contribution < -0.4 is 26.0 Å². The highest BCUT2D eigenvalue weighted by molar-refractivity contribution is 6.31. The molecule has 12 heteroatoms. The van der Waals surface area contributed by atoms with Crippen LogP contribution in [-0.4, -0.2) is 71.3 Å². The molecule has 0 amide bonds. The van der Waals surface area contributed by atoms with Gasteiger partial charge < -0.3 is 30.7 Å². The van der Waals surface area contributed by atoms with Crippen LogP contribution in [0.5, 0.6) is 5.75 Å². The van der Waals surface area contributed by atoms with Gasteiger partial charge in [-0.15, -0.1) is 0 Å². The molecule has 0 bridgehead atoms. The van der Waals surface area contributed by atoms with E-state index in [9.17, 15) is 0 Å². The quantitative estimate of drug-likeness (QED) is 0.116. The lowest BCUT2D eigenvalue weighted by Crippen LogP contribution is -2.37. The standard InChI is InChI=1S/C32H34ClN9O2/c1-43-26-5-2-4-25(21-26)38-32-40-30(35-13-3-15-42-16-18-44-19-17-42)39-31(41-32)37-24-9-7-23(8-10-24)36-28-12-14-34-29-20-22(33)6-11-27(28)29/h2,4-12,14,20-21H,3,13,15-19H2,1H3,(H,34,36)(H3,35,37,38,39,40,41). The van der Waals surface area contributed by atoms with Gasteiger partial charge in [0.05, 0.1) is 25.8 Å². The van der Waals surface area contributed by atoms with E-state index in [2.05, 4.69) is 46.1 Å². The lowest BCUT2D eigenvalue weighted by atomic mass is 10.2. The molecule has 1 fully saturated rings. The summed E-state index contributed by atoms with van der Waals surface area (Å²) in [5, 5.41) is 15.1. The van der Waals surface area contributed by atoms with Gasteiger partial charge in [0.1, 0.15) is 5.75 Å². The van der Waals surface area contributed by atoms with E-state index < -0.39 is 0 Å². The normalized spacial score (nSPS) is 13.4. The zero-order valence-electron chi connectivity index (χ0n) is 24.4. The Hall–Kier alpha value is -4.71. The Labute approximate surface area is 261 Å². The summed E-state index contributed by atoms with van der Waals surface area (Å²) in [4.78, 5) is 20.7. The summed E-state index contributed by atoms with van der Waals surface area (Å²) in [5.41, 5.74) is 4.35. The molecule has 5 aromatic rings. The van der Waals surface area contributed by atoms with Gasteiger partial charge in [0, 0.05) is 65.1 Å². The first-order valence-corrected chi connectivity index (χ1v) is 14.9. The van der Waals surface area contributed by atoms with Crippen LogP contribution in [0.4, 0.5) is 40.6 Å². The molecule has 44 heavy (non-hydrogen) atoms. The third-order valence-electron chi connectivity index (χ3n) is 7.12. The third kappa shape index (κ3) is 7.81. The molecule has 3 heterocycles. The molecular weight excluding hydrogens is 578 g/mol. The van der Waals surface area contributed by atoms with Crippen molar-refractivity contribution in [1.82, 2.24) is 24.8 Å². The summed E-state index contributed by atoms with van der Waals surface area (Å²) in [6.45, 7) is 5.25. The van der Waals surface area contributed by atoms with Crippen molar-refractivity contribution < 1.29 is 9.47 Å². The fraction of sp³-hybridized carbons (Fsp3) is 0.250. The molecule has 4 N–H and O–H groups in total. The van der Waals surface area contributed by atoms with Crippen molar-refractivity contribution in [3.05, 3.63) is 84.0 Å². The number of morpholine rings is 1. The molecule has 0 unspecified atom stereocenters. The SMILES string of the molecule is COc1cccc(Nc2nc(NCCCN3CCOCC3)nc(Nc3ccc(Nc4ccnc5cc(Cl)ccc45)cc3)n2)c1. The van der Waals surface area contributed by atoms with E-state index in [-0.39, 0.29) is 0 Å². The number of aromatic nitrogens is 4. The maximum atomic E-state index is 6.15. The van der Waals surface area contributed by atoms with Crippen LogP contribution in [0.2, 0.25) is 5.02 Å². The number of halogens is 1. The maximum absolute atomic E-state index is 6.15. The monoisotopic (exact) mass is 611 g/mol. The first-order valence-electron chi connectivity index (χ1n) is 14.5. The summed E-state index contributed by atoms with van der Waals surface area (Å²) in [6, 6.07) is 23.2. The third-order valence-corrected chi connectivity index (χ3v) is 7.36. The zero-order chi connectivity index (χ0) is 30.1. The van der Waals surface area contributed by atoms with E-state index in [4.69, 9.17) is 21.1 Å². The van der Waals surface area contributed by atoms with Gasteiger partial charge in [-0.3, -0.25) is 9.88 Å². The second-order valence-electron chi connectivity index (χ2n) is 10.2. The van der Waals surface area contributed by atoms with Gasteiger partial charge in [-0.2, -0.15) is 15.0 Å². The van der Waals surface area contributed by atoms with Gasteiger partial charge in [0.15, 0.2) is 0 Å². The van der Waals surface area contributed by atoms with Crippen molar-refractivity contribution in [2.45, 2.75) is 6.42 Å². The molecule has 0 aliphatic carbocycles. The number of anilines is 7. The van der Waals surface area contributed by atoms with E-state index in [0.29, 0.717) is 22.9 Å². The van der Waals surface area contributed by atoms with Crippen LogP contribution in [0.3, 0.4) is 0 Å². The minimum absolute atomic E-state index is 0.411. The summed E-state index contributed by atoms with van der Waals surface area (Å²) < 4.78 is 10.8. The first kappa shape index (κ1) is 29.4. The fourth-order valence-corrected chi connectivity index (χ4v) is 5.04. The second kappa shape index (κ2) is 14.2. The topological polar surface area (TPSA) is 121 Å². The van der Waals surface area contributed by atoms with Crippen molar-refractivity contribution in [3.63, 3.8) is 0 Å². The number of methoxy groups -OCH3 is 1. The maximum Gasteiger partial charge on any atom is 0.233 e. The van der Waals surface area contributed by atoms with Gasteiger partial charge in [0.25, 0.3) is 0 Å². The molecule has 3 aromatic carbocycles. The zero-order valence-corrected chi connectivity index (χ0v) is 25.1. The molecule has 1 aliphatic heterocycles. The minimum Gasteiger partial charge on any atom is -0.497 e. The average molecular weight is 612 g/mol. The largest absolute Gasteiger partial charge is 0.497 e. The van der Waals surface area contributed by atoms with Gasteiger partial charge in [-0.1, -0.05) is 17.7 Å². The van der Waals surface area contributed by atoms with Gasteiger partial charge >= 0.3 is 0 Å².